The Morgan fingerprint density at radius 2 is 1.89 bits per heavy atom. The van der Waals surface area contributed by atoms with Crippen LogP contribution in [0, 0.1) is 10.1 Å². The molecule has 8 heteroatoms. The van der Waals surface area contributed by atoms with Gasteiger partial charge >= 0.3 is 5.97 Å². The standard InChI is InChI=1S/C19H17ClN2O5/c20-12-18(23)27-17-6-3-11-21(16-5-2-1-4-15(16)17)19(24)13-7-9-14(10-8-13)22(25)26/h1-2,4-5,7-10,17H,3,6,11-12H2. The van der Waals surface area contributed by atoms with Crippen LogP contribution in [0.3, 0.4) is 0 Å². The van der Waals surface area contributed by atoms with Crippen molar-refractivity contribution < 1.29 is 19.2 Å². The van der Waals surface area contributed by atoms with E-state index in [1.165, 1.54) is 24.3 Å². The van der Waals surface area contributed by atoms with Crippen molar-refractivity contribution in [1.82, 2.24) is 0 Å². The number of nitro benzene ring substituents is 1. The van der Waals surface area contributed by atoms with Gasteiger partial charge in [-0.05, 0) is 31.0 Å². The molecule has 0 N–H and O–H groups in total. The molecule has 0 aromatic heterocycles. The minimum atomic E-state index is -0.509. The third-order valence-corrected chi connectivity index (χ3v) is 4.59. The highest BCUT2D eigenvalue weighted by Crippen LogP contribution is 2.36. The van der Waals surface area contributed by atoms with Gasteiger partial charge in [-0.2, -0.15) is 0 Å². The second kappa shape index (κ2) is 8.18. The van der Waals surface area contributed by atoms with Crippen LogP contribution in [0.5, 0.6) is 0 Å². The Hall–Kier alpha value is -2.93. The molecule has 1 aliphatic heterocycles. The van der Waals surface area contributed by atoms with E-state index in [0.717, 1.165) is 5.56 Å². The third kappa shape index (κ3) is 4.09. The Morgan fingerprint density at radius 1 is 1.19 bits per heavy atom. The highest BCUT2D eigenvalue weighted by Gasteiger charge is 2.29. The van der Waals surface area contributed by atoms with Gasteiger partial charge in [0.2, 0.25) is 0 Å². The lowest BCUT2D eigenvalue weighted by Gasteiger charge is -2.24. The van der Waals surface area contributed by atoms with E-state index in [0.29, 0.717) is 30.6 Å². The first-order valence-electron chi connectivity index (χ1n) is 8.42. The fourth-order valence-electron chi connectivity index (χ4n) is 3.12. The van der Waals surface area contributed by atoms with E-state index in [4.69, 9.17) is 16.3 Å². The minimum Gasteiger partial charge on any atom is -0.457 e. The molecule has 27 heavy (non-hydrogen) atoms. The molecule has 3 rings (SSSR count). The summed E-state index contributed by atoms with van der Waals surface area (Å²) in [6.45, 7) is 0.446. The molecule has 0 spiro atoms. The smallest absolute Gasteiger partial charge is 0.321 e. The van der Waals surface area contributed by atoms with Crippen molar-refractivity contribution in [2.75, 3.05) is 17.3 Å². The van der Waals surface area contributed by atoms with E-state index in [1.54, 1.807) is 17.0 Å². The molecule has 0 aliphatic carbocycles. The molecule has 0 bridgehead atoms. The topological polar surface area (TPSA) is 89.8 Å². The number of ether oxygens (including phenoxy) is 1. The second-order valence-corrected chi connectivity index (χ2v) is 6.34. The summed E-state index contributed by atoms with van der Waals surface area (Å²) in [6, 6.07) is 12.7. The van der Waals surface area contributed by atoms with Crippen LogP contribution in [0.4, 0.5) is 11.4 Å². The number of amides is 1. The average molecular weight is 389 g/mol. The van der Waals surface area contributed by atoms with Gasteiger partial charge in [0.25, 0.3) is 11.6 Å². The Morgan fingerprint density at radius 3 is 2.56 bits per heavy atom. The first kappa shape index (κ1) is 18.8. The lowest BCUT2D eigenvalue weighted by atomic mass is 10.0. The van der Waals surface area contributed by atoms with E-state index in [2.05, 4.69) is 0 Å². The van der Waals surface area contributed by atoms with Crippen molar-refractivity contribution in [3.05, 3.63) is 69.8 Å². The molecule has 0 saturated carbocycles. The molecule has 1 heterocycles. The van der Waals surface area contributed by atoms with Crippen LogP contribution >= 0.6 is 11.6 Å². The number of hydrogen-bond donors (Lipinski definition) is 0. The molecule has 140 valence electrons. The van der Waals surface area contributed by atoms with Crippen LogP contribution in [0.15, 0.2) is 48.5 Å². The van der Waals surface area contributed by atoms with Gasteiger partial charge in [0.15, 0.2) is 0 Å². The molecule has 1 atom stereocenters. The molecule has 2 aromatic carbocycles. The van der Waals surface area contributed by atoms with Crippen LogP contribution in [0.25, 0.3) is 0 Å². The zero-order valence-electron chi connectivity index (χ0n) is 14.3. The number of rotatable bonds is 4. The van der Waals surface area contributed by atoms with Crippen molar-refractivity contribution in [2.24, 2.45) is 0 Å². The molecule has 0 radical (unpaired) electrons. The van der Waals surface area contributed by atoms with Crippen molar-refractivity contribution >= 4 is 34.9 Å². The number of benzene rings is 2. The lowest BCUT2D eigenvalue weighted by molar-refractivity contribution is -0.384. The SMILES string of the molecule is O=C(CCl)OC1CCCN(C(=O)c2ccc([N+](=O)[O-])cc2)c2ccccc21. The van der Waals surface area contributed by atoms with Gasteiger partial charge in [-0.1, -0.05) is 18.2 Å². The Balaban J connectivity index is 1.92. The summed E-state index contributed by atoms with van der Waals surface area (Å²) in [4.78, 5) is 36.6. The molecule has 1 aliphatic rings. The van der Waals surface area contributed by atoms with E-state index in [9.17, 15) is 19.7 Å². The Labute approximate surface area is 160 Å². The number of anilines is 1. The number of nitro groups is 1. The summed E-state index contributed by atoms with van der Waals surface area (Å²) in [5, 5.41) is 10.8. The normalized spacial score (nSPS) is 16.2. The summed E-state index contributed by atoms with van der Waals surface area (Å²) < 4.78 is 5.44. The molecule has 0 saturated heterocycles. The van der Waals surface area contributed by atoms with Crippen LogP contribution in [0.1, 0.15) is 34.9 Å². The molecule has 0 fully saturated rings. The van der Waals surface area contributed by atoms with E-state index in [-0.39, 0.29) is 17.5 Å². The van der Waals surface area contributed by atoms with Gasteiger partial charge < -0.3 is 9.64 Å². The average Bonchev–Trinajstić information content (AvgIpc) is 2.87. The molecule has 7 nitrogen and oxygen atoms in total. The minimum absolute atomic E-state index is 0.0733. The monoisotopic (exact) mass is 388 g/mol. The van der Waals surface area contributed by atoms with Gasteiger partial charge in [-0.15, -0.1) is 11.6 Å². The van der Waals surface area contributed by atoms with E-state index >= 15 is 0 Å². The van der Waals surface area contributed by atoms with E-state index < -0.39 is 17.0 Å². The summed E-state index contributed by atoms with van der Waals surface area (Å²) in [6.07, 6.45) is 0.735. The zero-order valence-corrected chi connectivity index (χ0v) is 15.1. The predicted octanol–water partition coefficient (Wildman–Crippen LogP) is 3.86. The number of nitrogens with zero attached hydrogens (tertiary/aromatic N) is 2. The number of alkyl halides is 1. The number of para-hydroxylation sites is 1. The number of carbonyl (C=O) groups excluding carboxylic acids is 2. The van der Waals surface area contributed by atoms with E-state index in [1.807, 2.05) is 12.1 Å². The first-order valence-corrected chi connectivity index (χ1v) is 8.95. The number of carbonyl (C=O) groups is 2. The highest BCUT2D eigenvalue weighted by atomic mass is 35.5. The van der Waals surface area contributed by atoms with Crippen molar-refractivity contribution in [3.8, 4) is 0 Å². The highest BCUT2D eigenvalue weighted by molar-refractivity contribution is 6.26. The fourth-order valence-corrected chi connectivity index (χ4v) is 3.18. The van der Waals surface area contributed by atoms with Gasteiger partial charge in [-0.3, -0.25) is 19.7 Å². The largest absolute Gasteiger partial charge is 0.457 e. The maximum atomic E-state index is 13.0. The molecule has 2 aromatic rings. The summed E-state index contributed by atoms with van der Waals surface area (Å²) in [7, 11) is 0. The van der Waals surface area contributed by atoms with Gasteiger partial charge in [0, 0.05) is 29.8 Å². The molecule has 1 amide bonds. The number of hydrogen-bond acceptors (Lipinski definition) is 5. The van der Waals surface area contributed by atoms with Gasteiger partial charge in [0.1, 0.15) is 12.0 Å². The predicted molar refractivity (Wildman–Crippen MR) is 100 cm³/mol. The molecular formula is C19H17ClN2O5. The van der Waals surface area contributed by atoms with Gasteiger partial charge in [0.05, 0.1) is 10.6 Å². The van der Waals surface area contributed by atoms with Crippen LogP contribution in [-0.4, -0.2) is 29.2 Å². The fraction of sp³-hybridized carbons (Fsp3) is 0.263. The van der Waals surface area contributed by atoms with Crippen LogP contribution in [0.2, 0.25) is 0 Å². The summed E-state index contributed by atoms with van der Waals surface area (Å²) >= 11 is 5.55. The Kier molecular flexibility index (Phi) is 5.71. The maximum Gasteiger partial charge on any atom is 0.321 e. The number of non-ortho nitro benzene ring substituents is 1. The van der Waals surface area contributed by atoms with Crippen LogP contribution in [-0.2, 0) is 9.53 Å². The van der Waals surface area contributed by atoms with Gasteiger partial charge in [-0.25, -0.2) is 0 Å². The number of fused-ring (bicyclic) bond motifs is 1. The number of esters is 1. The number of halogens is 1. The second-order valence-electron chi connectivity index (χ2n) is 6.07. The summed E-state index contributed by atoms with van der Waals surface area (Å²) in [5.74, 6) is -1.00. The quantitative estimate of drug-likeness (QED) is 0.343. The first-order chi connectivity index (χ1) is 13.0. The van der Waals surface area contributed by atoms with Crippen molar-refractivity contribution in [1.29, 1.82) is 0 Å². The lowest BCUT2D eigenvalue weighted by Crippen LogP contribution is -2.31. The van der Waals surface area contributed by atoms with Crippen molar-refractivity contribution in [2.45, 2.75) is 18.9 Å². The van der Waals surface area contributed by atoms with Crippen molar-refractivity contribution in [3.63, 3.8) is 0 Å². The van der Waals surface area contributed by atoms with Crippen LogP contribution < -0.4 is 4.90 Å². The molecular weight excluding hydrogens is 372 g/mol. The summed E-state index contributed by atoms with van der Waals surface area (Å²) in [5.41, 5.74) is 1.68. The Bertz CT molecular complexity index is 869. The maximum absolute atomic E-state index is 13.0. The zero-order chi connectivity index (χ0) is 19.4. The third-order valence-electron chi connectivity index (χ3n) is 4.38. The molecule has 1 unspecified atom stereocenters.